The Labute approximate surface area is 156 Å². The number of hydrogen-bond acceptors (Lipinski definition) is 4. The van der Waals surface area contributed by atoms with Gasteiger partial charge in [0.2, 0.25) is 0 Å². The molecule has 0 bridgehead atoms. The zero-order valence-electron chi connectivity index (χ0n) is 15.3. The Morgan fingerprint density at radius 2 is 2.08 bits per heavy atom. The number of aromatic nitrogens is 2. The number of imidazole rings is 1. The first kappa shape index (κ1) is 18.9. The molecular formula is C19H25N3O3S. The van der Waals surface area contributed by atoms with Crippen molar-refractivity contribution in [3.8, 4) is 11.3 Å². The van der Waals surface area contributed by atoms with Crippen LogP contribution in [0.2, 0.25) is 0 Å². The van der Waals surface area contributed by atoms with Crippen LogP contribution in [0.4, 0.5) is 0 Å². The minimum Gasteiger partial charge on any atom is -0.616 e. The number of nitrogens with zero attached hydrogens (tertiary/aromatic N) is 2. The summed E-state index contributed by atoms with van der Waals surface area (Å²) in [6, 6.07) is 7.78. The van der Waals surface area contributed by atoms with Crippen molar-refractivity contribution < 1.29 is 14.5 Å². The van der Waals surface area contributed by atoms with Gasteiger partial charge in [-0.15, -0.1) is 0 Å². The van der Waals surface area contributed by atoms with E-state index in [1.165, 1.54) is 16.7 Å². The van der Waals surface area contributed by atoms with Crippen molar-refractivity contribution in [3.63, 3.8) is 0 Å². The molecule has 1 aromatic heterocycles. The second-order valence-electron chi connectivity index (χ2n) is 6.86. The first-order valence-corrected chi connectivity index (χ1v) is 10.4. The molecule has 0 radical (unpaired) electrons. The molecule has 26 heavy (non-hydrogen) atoms. The maximum atomic E-state index is 12.8. The Morgan fingerprint density at radius 1 is 1.38 bits per heavy atom. The van der Waals surface area contributed by atoms with E-state index in [-0.39, 0.29) is 11.9 Å². The van der Waals surface area contributed by atoms with Crippen molar-refractivity contribution in [1.29, 1.82) is 0 Å². The highest BCUT2D eigenvalue weighted by atomic mass is 32.2. The fraction of sp³-hybridized carbons (Fsp3) is 0.474. The molecule has 6 nitrogen and oxygen atoms in total. The standard InChI is InChI=1S/C19H25N3O3S/c1-12-7-9-14(10-8-12)15-11-20-18(21-15)16-5-4-6-17(23)22(16)19(24)13(2)26(3)25/h7-11,13,16-17,23H,4-6H2,1-3H3,(H,20,21). The third kappa shape index (κ3) is 3.79. The molecule has 1 aliphatic rings. The zero-order valence-corrected chi connectivity index (χ0v) is 16.1. The van der Waals surface area contributed by atoms with E-state index in [4.69, 9.17) is 0 Å². The van der Waals surface area contributed by atoms with Gasteiger partial charge in [-0.05, 0) is 49.8 Å². The van der Waals surface area contributed by atoms with Crippen LogP contribution in [0.1, 0.15) is 43.6 Å². The molecule has 4 atom stereocenters. The van der Waals surface area contributed by atoms with Crippen molar-refractivity contribution in [1.82, 2.24) is 14.9 Å². The summed E-state index contributed by atoms with van der Waals surface area (Å²) in [5.74, 6) is 0.359. The monoisotopic (exact) mass is 375 g/mol. The molecule has 1 aromatic carbocycles. The molecule has 3 rings (SSSR count). The lowest BCUT2D eigenvalue weighted by atomic mass is 9.99. The van der Waals surface area contributed by atoms with E-state index in [0.717, 1.165) is 17.7 Å². The van der Waals surface area contributed by atoms with E-state index >= 15 is 0 Å². The van der Waals surface area contributed by atoms with Crippen LogP contribution in [0, 0.1) is 6.92 Å². The number of rotatable bonds is 4. The molecule has 1 aliphatic heterocycles. The number of likely N-dealkylation sites (tertiary alicyclic amines) is 1. The van der Waals surface area contributed by atoms with Gasteiger partial charge in [-0.2, -0.15) is 0 Å². The van der Waals surface area contributed by atoms with Crippen LogP contribution in [0.15, 0.2) is 30.5 Å². The first-order valence-electron chi connectivity index (χ1n) is 8.83. The van der Waals surface area contributed by atoms with Crippen molar-refractivity contribution in [2.75, 3.05) is 6.26 Å². The van der Waals surface area contributed by atoms with Crippen molar-refractivity contribution in [2.24, 2.45) is 0 Å². The van der Waals surface area contributed by atoms with E-state index < -0.39 is 22.7 Å². The Hall–Kier alpha value is -1.83. The second-order valence-corrected chi connectivity index (χ2v) is 8.57. The summed E-state index contributed by atoms with van der Waals surface area (Å²) in [6.45, 7) is 3.67. The number of carbonyl (C=O) groups is 1. The van der Waals surface area contributed by atoms with Gasteiger partial charge in [0, 0.05) is 0 Å². The number of aliphatic hydroxyl groups excluding tert-OH is 1. The lowest BCUT2D eigenvalue weighted by Gasteiger charge is -2.39. The van der Waals surface area contributed by atoms with Crippen molar-refractivity contribution >= 4 is 17.1 Å². The van der Waals surface area contributed by atoms with Crippen molar-refractivity contribution in [3.05, 3.63) is 41.9 Å². The van der Waals surface area contributed by atoms with E-state index in [1.807, 2.05) is 31.2 Å². The molecule has 0 aliphatic carbocycles. The van der Waals surface area contributed by atoms with Crippen LogP contribution in [-0.2, 0) is 16.0 Å². The third-order valence-electron chi connectivity index (χ3n) is 4.97. The maximum absolute atomic E-state index is 12.8. The molecular weight excluding hydrogens is 350 g/mol. The summed E-state index contributed by atoms with van der Waals surface area (Å²) < 4.78 is 11.8. The number of carbonyl (C=O) groups excluding carboxylic acids is 1. The topological polar surface area (TPSA) is 92.3 Å². The quantitative estimate of drug-likeness (QED) is 0.803. The van der Waals surface area contributed by atoms with E-state index in [9.17, 15) is 14.5 Å². The summed E-state index contributed by atoms with van der Waals surface area (Å²) >= 11 is -1.29. The summed E-state index contributed by atoms with van der Waals surface area (Å²) in [5.41, 5.74) is 3.08. The maximum Gasteiger partial charge on any atom is 0.277 e. The van der Waals surface area contributed by atoms with Gasteiger partial charge in [0.05, 0.1) is 24.2 Å². The number of H-pyrrole nitrogens is 1. The lowest BCUT2D eigenvalue weighted by Crippen LogP contribution is -2.50. The fourth-order valence-corrected chi connectivity index (χ4v) is 3.69. The Kier molecular flexibility index (Phi) is 5.70. The normalized spacial score (nSPS) is 22.9. The Morgan fingerprint density at radius 3 is 2.73 bits per heavy atom. The average molecular weight is 375 g/mol. The molecule has 7 heteroatoms. The summed E-state index contributed by atoms with van der Waals surface area (Å²) in [4.78, 5) is 22.0. The van der Waals surface area contributed by atoms with Crippen LogP contribution in [0.5, 0.6) is 0 Å². The summed E-state index contributed by atoms with van der Waals surface area (Å²) in [7, 11) is 0. The van der Waals surface area contributed by atoms with Gasteiger partial charge in [0.1, 0.15) is 12.1 Å². The number of hydrogen-bond donors (Lipinski definition) is 2. The first-order chi connectivity index (χ1) is 12.4. The molecule has 2 N–H and O–H groups in total. The molecule has 0 saturated carbocycles. The largest absolute Gasteiger partial charge is 0.616 e. The van der Waals surface area contributed by atoms with Crippen molar-refractivity contribution in [2.45, 2.75) is 50.6 Å². The Bertz CT molecular complexity index is 760. The number of nitrogens with one attached hydrogen (secondary N) is 1. The molecule has 2 aromatic rings. The summed E-state index contributed by atoms with van der Waals surface area (Å²) in [6.07, 6.45) is 4.44. The lowest BCUT2D eigenvalue weighted by molar-refractivity contribution is -0.150. The molecule has 4 unspecified atom stereocenters. The second kappa shape index (κ2) is 7.82. The van der Waals surface area contributed by atoms with Gasteiger partial charge in [0.25, 0.3) is 5.91 Å². The van der Waals surface area contributed by atoms with E-state index in [2.05, 4.69) is 9.97 Å². The van der Waals surface area contributed by atoms with E-state index in [1.54, 1.807) is 13.1 Å². The molecule has 0 spiro atoms. The Balaban J connectivity index is 1.88. The minimum absolute atomic E-state index is 0.295. The van der Waals surface area contributed by atoms with Crippen LogP contribution < -0.4 is 0 Å². The number of amides is 1. The average Bonchev–Trinajstić information content (AvgIpc) is 3.10. The molecule has 1 saturated heterocycles. The van der Waals surface area contributed by atoms with Gasteiger partial charge < -0.3 is 19.5 Å². The minimum atomic E-state index is -1.29. The molecule has 1 amide bonds. The predicted octanol–water partition coefficient (Wildman–Crippen LogP) is 2.52. The number of aliphatic hydroxyl groups is 1. The van der Waals surface area contributed by atoms with Gasteiger partial charge in [-0.1, -0.05) is 29.8 Å². The fourth-order valence-electron chi connectivity index (χ4n) is 3.29. The van der Waals surface area contributed by atoms with Gasteiger partial charge in [0.15, 0.2) is 5.25 Å². The van der Waals surface area contributed by atoms with Gasteiger partial charge in [-0.25, -0.2) is 4.98 Å². The zero-order chi connectivity index (χ0) is 18.8. The van der Waals surface area contributed by atoms with Crippen LogP contribution in [0.3, 0.4) is 0 Å². The van der Waals surface area contributed by atoms with Crippen LogP contribution in [-0.4, -0.2) is 48.2 Å². The predicted molar refractivity (Wildman–Crippen MR) is 102 cm³/mol. The highest BCUT2D eigenvalue weighted by molar-refractivity contribution is 7.92. The highest BCUT2D eigenvalue weighted by Gasteiger charge is 2.40. The van der Waals surface area contributed by atoms with Gasteiger partial charge >= 0.3 is 0 Å². The van der Waals surface area contributed by atoms with E-state index in [0.29, 0.717) is 18.7 Å². The molecule has 140 valence electrons. The highest BCUT2D eigenvalue weighted by Crippen LogP contribution is 2.34. The van der Waals surface area contributed by atoms with Gasteiger partial charge in [-0.3, -0.25) is 4.79 Å². The number of aromatic amines is 1. The molecule has 2 heterocycles. The van der Waals surface area contributed by atoms with Crippen LogP contribution in [0.25, 0.3) is 11.3 Å². The third-order valence-corrected chi connectivity index (χ3v) is 6.17. The number of piperidine rings is 1. The summed E-state index contributed by atoms with van der Waals surface area (Å²) in [5, 5.41) is 9.76. The molecule has 1 fully saturated rings. The number of aryl methyl sites for hydroxylation is 1. The van der Waals surface area contributed by atoms with Crippen LogP contribution >= 0.6 is 0 Å². The number of benzene rings is 1. The smallest absolute Gasteiger partial charge is 0.277 e. The SMILES string of the molecule is Cc1ccc(-c2cnc(C3CCCC(O)N3C(=O)C(C)[S+](C)[O-])[nH]2)cc1.